The number of ether oxygens (including phenoxy) is 2. The Balaban J connectivity index is 0.000000180. The largest absolute Gasteiger partial charge is 0.493 e. The maximum absolute atomic E-state index is 5.84. The number of hydrogen-bond donors (Lipinski definition) is 0. The van der Waals surface area contributed by atoms with Crippen LogP contribution in [0.2, 0.25) is 0 Å². The molecule has 0 saturated carbocycles. The van der Waals surface area contributed by atoms with Crippen molar-refractivity contribution in [3.63, 3.8) is 0 Å². The van der Waals surface area contributed by atoms with E-state index in [2.05, 4.69) is 18.0 Å². The van der Waals surface area contributed by atoms with Gasteiger partial charge in [0.15, 0.2) is 11.5 Å². The predicted octanol–water partition coefficient (Wildman–Crippen LogP) is 4.37. The van der Waals surface area contributed by atoms with E-state index in [1.54, 1.807) is 14.2 Å². The summed E-state index contributed by atoms with van der Waals surface area (Å²) in [6.07, 6.45) is 6.71. The molecule has 4 rings (SSSR count). The van der Waals surface area contributed by atoms with Crippen LogP contribution in [-0.4, -0.2) is 52.0 Å². The molecule has 7 heteroatoms. The third-order valence-electron chi connectivity index (χ3n) is 5.18. The third-order valence-corrected chi connectivity index (χ3v) is 6.35. The molecule has 1 aromatic carbocycles. The van der Waals surface area contributed by atoms with Gasteiger partial charge in [0, 0.05) is 12.5 Å². The van der Waals surface area contributed by atoms with Crippen LogP contribution in [0.25, 0.3) is 0 Å². The number of likely N-dealkylation sites (tertiary alicyclic amines) is 1. The van der Waals surface area contributed by atoms with Crippen molar-refractivity contribution in [3.8, 4) is 11.5 Å². The number of allylic oxidation sites excluding steroid dienone is 1. The van der Waals surface area contributed by atoms with Crippen LogP contribution in [0.5, 0.6) is 11.5 Å². The van der Waals surface area contributed by atoms with Crippen molar-refractivity contribution in [2.75, 3.05) is 41.0 Å². The van der Waals surface area contributed by atoms with Gasteiger partial charge in [-0.1, -0.05) is 12.1 Å². The first-order chi connectivity index (χ1) is 13.2. The number of para-hydroxylation sites is 2. The van der Waals surface area contributed by atoms with E-state index in [9.17, 15) is 0 Å². The summed E-state index contributed by atoms with van der Waals surface area (Å²) in [6.45, 7) is 2.76. The fraction of sp³-hybridized carbons (Fsp3) is 0.600. The lowest BCUT2D eigenvalue weighted by Crippen LogP contribution is -2.31. The molecule has 0 aromatic heterocycles. The monoisotopic (exact) mass is 395 g/mol. The maximum Gasteiger partial charge on any atom is 0.396 e. The third kappa shape index (κ3) is 5.58. The molecule has 0 bridgehead atoms. The van der Waals surface area contributed by atoms with E-state index in [1.165, 1.54) is 13.0 Å². The molecular formula is C20H30NO5P. The Bertz CT molecular complexity index is 597. The normalized spacial score (nSPS) is 25.7. The SMILES string of the molecule is CN1CCC2CC=C(OP3OCCCO3)CC21.COc1ccccc1OC. The fourth-order valence-electron chi connectivity index (χ4n) is 3.64. The molecular weight excluding hydrogens is 365 g/mol. The molecule has 0 spiro atoms. The molecule has 150 valence electrons. The van der Waals surface area contributed by atoms with E-state index in [0.717, 1.165) is 55.7 Å². The Morgan fingerprint density at radius 2 is 1.74 bits per heavy atom. The zero-order valence-corrected chi connectivity index (χ0v) is 17.3. The van der Waals surface area contributed by atoms with Gasteiger partial charge in [-0.05, 0) is 57.0 Å². The lowest BCUT2D eigenvalue weighted by molar-refractivity contribution is 0.124. The smallest absolute Gasteiger partial charge is 0.396 e. The molecule has 2 aliphatic heterocycles. The molecule has 0 amide bonds. The molecule has 2 fully saturated rings. The minimum absolute atomic E-state index is 0.662. The highest BCUT2D eigenvalue weighted by Gasteiger charge is 2.35. The number of methoxy groups -OCH3 is 2. The van der Waals surface area contributed by atoms with Crippen LogP contribution >= 0.6 is 8.60 Å². The van der Waals surface area contributed by atoms with Crippen molar-refractivity contribution in [1.82, 2.24) is 4.90 Å². The first kappa shape index (κ1) is 20.4. The summed E-state index contributed by atoms with van der Waals surface area (Å²) in [6, 6.07) is 8.19. The summed E-state index contributed by atoms with van der Waals surface area (Å²) in [4.78, 5) is 2.46. The topological polar surface area (TPSA) is 49.4 Å². The Kier molecular flexibility index (Phi) is 7.77. The number of nitrogens with zero attached hydrogens (tertiary/aromatic N) is 1. The van der Waals surface area contributed by atoms with Gasteiger partial charge in [-0.2, -0.15) is 0 Å². The van der Waals surface area contributed by atoms with Crippen molar-refractivity contribution >= 4 is 8.60 Å². The van der Waals surface area contributed by atoms with E-state index in [4.69, 9.17) is 23.0 Å². The molecule has 27 heavy (non-hydrogen) atoms. The zero-order valence-electron chi connectivity index (χ0n) is 16.4. The van der Waals surface area contributed by atoms with E-state index >= 15 is 0 Å². The van der Waals surface area contributed by atoms with Gasteiger partial charge >= 0.3 is 8.60 Å². The second-order valence-electron chi connectivity index (χ2n) is 6.90. The van der Waals surface area contributed by atoms with E-state index in [-0.39, 0.29) is 0 Å². The van der Waals surface area contributed by atoms with Crippen LogP contribution in [-0.2, 0) is 13.6 Å². The highest BCUT2D eigenvalue weighted by atomic mass is 31.2. The molecule has 6 nitrogen and oxygen atoms in total. The minimum atomic E-state index is -1.11. The lowest BCUT2D eigenvalue weighted by Gasteiger charge is -2.31. The van der Waals surface area contributed by atoms with E-state index < -0.39 is 8.60 Å². The van der Waals surface area contributed by atoms with Crippen LogP contribution in [0, 0.1) is 5.92 Å². The van der Waals surface area contributed by atoms with Crippen LogP contribution in [0.3, 0.4) is 0 Å². The summed E-state index contributed by atoms with van der Waals surface area (Å²) in [7, 11) is 4.35. The summed E-state index contributed by atoms with van der Waals surface area (Å²) in [5.41, 5.74) is 0. The first-order valence-electron chi connectivity index (χ1n) is 9.51. The highest BCUT2D eigenvalue weighted by Crippen LogP contribution is 2.47. The van der Waals surface area contributed by atoms with E-state index in [0.29, 0.717) is 6.04 Å². The van der Waals surface area contributed by atoms with Crippen LogP contribution < -0.4 is 9.47 Å². The van der Waals surface area contributed by atoms with E-state index in [1.807, 2.05) is 24.3 Å². The summed E-state index contributed by atoms with van der Waals surface area (Å²) in [5.74, 6) is 3.44. The van der Waals surface area contributed by atoms with Gasteiger partial charge in [-0.25, -0.2) is 0 Å². The standard InChI is InChI=1S/C12H20NO3P.C8H10O2/c1-13-6-5-10-3-4-11(9-12(10)13)16-17-14-7-2-8-15-17;1-9-7-5-3-4-6-8(7)10-2/h4,10,12H,2-3,5-9H2,1H3;3-6H,1-2H3. The Labute approximate surface area is 163 Å². The van der Waals surface area contributed by atoms with Gasteiger partial charge < -0.3 is 27.9 Å². The fourth-order valence-corrected chi connectivity index (χ4v) is 4.72. The number of benzene rings is 1. The quantitative estimate of drug-likeness (QED) is 0.706. The second kappa shape index (κ2) is 10.3. The van der Waals surface area contributed by atoms with Gasteiger partial charge in [0.1, 0.15) is 5.76 Å². The summed E-state index contributed by atoms with van der Waals surface area (Å²) < 4.78 is 26.8. The Morgan fingerprint density at radius 1 is 1.07 bits per heavy atom. The van der Waals surface area contributed by atoms with Gasteiger partial charge in [0.2, 0.25) is 0 Å². The molecule has 0 radical (unpaired) electrons. The zero-order chi connectivity index (χ0) is 19.1. The van der Waals surface area contributed by atoms with Crippen molar-refractivity contribution < 1.29 is 23.0 Å². The van der Waals surface area contributed by atoms with Gasteiger partial charge in [0.05, 0.1) is 27.4 Å². The summed E-state index contributed by atoms with van der Waals surface area (Å²) in [5, 5.41) is 0. The number of rotatable bonds is 4. The van der Waals surface area contributed by atoms with Crippen molar-refractivity contribution in [2.24, 2.45) is 5.92 Å². The van der Waals surface area contributed by atoms with Crippen LogP contribution in [0.4, 0.5) is 0 Å². The molecule has 2 unspecified atom stereocenters. The molecule has 1 aliphatic carbocycles. The van der Waals surface area contributed by atoms with Gasteiger partial charge in [0.25, 0.3) is 0 Å². The van der Waals surface area contributed by atoms with Crippen molar-refractivity contribution in [2.45, 2.75) is 31.7 Å². The lowest BCUT2D eigenvalue weighted by atomic mass is 9.89. The average Bonchev–Trinajstić information content (AvgIpc) is 3.09. The van der Waals surface area contributed by atoms with Crippen molar-refractivity contribution in [3.05, 3.63) is 36.1 Å². The maximum atomic E-state index is 5.84. The van der Waals surface area contributed by atoms with Gasteiger partial charge in [-0.15, -0.1) is 0 Å². The Morgan fingerprint density at radius 3 is 2.37 bits per heavy atom. The Hall–Kier alpha value is -1.33. The van der Waals surface area contributed by atoms with Crippen LogP contribution in [0.15, 0.2) is 36.1 Å². The molecule has 2 heterocycles. The second-order valence-corrected chi connectivity index (χ2v) is 8.04. The predicted molar refractivity (Wildman–Crippen MR) is 106 cm³/mol. The minimum Gasteiger partial charge on any atom is -0.493 e. The molecule has 2 saturated heterocycles. The van der Waals surface area contributed by atoms with Crippen molar-refractivity contribution in [1.29, 1.82) is 0 Å². The molecule has 1 aromatic rings. The first-order valence-corrected chi connectivity index (χ1v) is 10.6. The van der Waals surface area contributed by atoms with Crippen LogP contribution in [0.1, 0.15) is 25.7 Å². The number of fused-ring (bicyclic) bond motifs is 1. The molecule has 3 aliphatic rings. The molecule has 0 N–H and O–H groups in total. The number of hydrogen-bond acceptors (Lipinski definition) is 6. The molecule has 2 atom stereocenters. The summed E-state index contributed by atoms with van der Waals surface area (Å²) >= 11 is 0. The van der Waals surface area contributed by atoms with Gasteiger partial charge in [-0.3, -0.25) is 0 Å². The highest BCUT2D eigenvalue weighted by molar-refractivity contribution is 7.41. The average molecular weight is 395 g/mol.